The third-order valence-electron chi connectivity index (χ3n) is 3.65. The molecule has 0 saturated heterocycles. The maximum absolute atomic E-state index is 12.2. The minimum atomic E-state index is -3.56. The second-order valence-corrected chi connectivity index (χ2v) is 8.53. The van der Waals surface area contributed by atoms with Crippen molar-refractivity contribution in [3.63, 3.8) is 0 Å². The first-order chi connectivity index (χ1) is 12.7. The van der Waals surface area contributed by atoms with Crippen LogP contribution in [0.4, 0.5) is 0 Å². The van der Waals surface area contributed by atoms with Gasteiger partial charge in [-0.25, -0.2) is 13.1 Å². The number of amides is 1. The topological polar surface area (TPSA) is 84.5 Å². The van der Waals surface area contributed by atoms with Crippen molar-refractivity contribution >= 4 is 15.9 Å². The largest absolute Gasteiger partial charge is 0.484 e. The molecule has 0 bridgehead atoms. The number of hydrogen-bond acceptors (Lipinski definition) is 4. The highest BCUT2D eigenvalue weighted by molar-refractivity contribution is 7.89. The second-order valence-electron chi connectivity index (χ2n) is 6.81. The normalized spacial score (nSPS) is 11.4. The fraction of sp³-hybridized carbons (Fsp3) is 0.350. The van der Waals surface area contributed by atoms with Gasteiger partial charge in [-0.15, -0.1) is 0 Å². The smallest absolute Gasteiger partial charge is 0.258 e. The fourth-order valence-electron chi connectivity index (χ4n) is 2.62. The lowest BCUT2D eigenvalue weighted by Gasteiger charge is -2.11. The first-order valence-electron chi connectivity index (χ1n) is 8.75. The van der Waals surface area contributed by atoms with Gasteiger partial charge in [0.2, 0.25) is 10.0 Å². The van der Waals surface area contributed by atoms with E-state index < -0.39 is 10.0 Å². The van der Waals surface area contributed by atoms with Crippen molar-refractivity contribution in [3.8, 4) is 5.75 Å². The van der Waals surface area contributed by atoms with E-state index in [1.54, 1.807) is 32.0 Å². The lowest BCUT2D eigenvalue weighted by Crippen LogP contribution is -2.30. The summed E-state index contributed by atoms with van der Waals surface area (Å²) >= 11 is 0. The first kappa shape index (κ1) is 20.9. The van der Waals surface area contributed by atoms with Crippen LogP contribution in [0.25, 0.3) is 0 Å². The first-order valence-corrected chi connectivity index (χ1v) is 10.2. The molecule has 0 heterocycles. The van der Waals surface area contributed by atoms with Crippen molar-refractivity contribution in [1.29, 1.82) is 0 Å². The molecule has 0 aliphatic heterocycles. The van der Waals surface area contributed by atoms with E-state index in [-0.39, 0.29) is 30.0 Å². The maximum atomic E-state index is 12.2. The number of sulfonamides is 1. The number of aryl methyl sites for hydroxylation is 2. The monoisotopic (exact) mass is 390 g/mol. The molecule has 6 nitrogen and oxygen atoms in total. The van der Waals surface area contributed by atoms with Crippen LogP contribution in [0.3, 0.4) is 0 Å². The molecule has 0 aliphatic carbocycles. The van der Waals surface area contributed by atoms with Gasteiger partial charge >= 0.3 is 0 Å². The van der Waals surface area contributed by atoms with Crippen LogP contribution in [0.1, 0.15) is 30.5 Å². The molecule has 2 rings (SSSR count). The van der Waals surface area contributed by atoms with Gasteiger partial charge in [-0.2, -0.15) is 0 Å². The quantitative estimate of drug-likeness (QED) is 0.726. The van der Waals surface area contributed by atoms with Crippen molar-refractivity contribution in [2.24, 2.45) is 0 Å². The molecule has 27 heavy (non-hydrogen) atoms. The van der Waals surface area contributed by atoms with Crippen LogP contribution in [0, 0.1) is 13.8 Å². The Hall–Kier alpha value is -2.38. The van der Waals surface area contributed by atoms with E-state index >= 15 is 0 Å². The summed E-state index contributed by atoms with van der Waals surface area (Å²) < 4.78 is 32.5. The number of hydrogen-bond donors (Lipinski definition) is 2. The van der Waals surface area contributed by atoms with Gasteiger partial charge in [-0.1, -0.05) is 18.2 Å². The summed E-state index contributed by atoms with van der Waals surface area (Å²) in [5, 5.41) is 2.74. The van der Waals surface area contributed by atoms with Crippen molar-refractivity contribution in [1.82, 2.24) is 10.0 Å². The Morgan fingerprint density at radius 1 is 1.07 bits per heavy atom. The molecule has 146 valence electrons. The average Bonchev–Trinajstić information content (AvgIpc) is 2.56. The molecule has 2 aromatic rings. The Kier molecular flexibility index (Phi) is 6.98. The predicted molar refractivity (Wildman–Crippen MR) is 105 cm³/mol. The van der Waals surface area contributed by atoms with E-state index in [1.807, 2.05) is 32.0 Å². The number of carbonyl (C=O) groups is 1. The zero-order valence-electron chi connectivity index (χ0n) is 16.1. The van der Waals surface area contributed by atoms with Crippen LogP contribution >= 0.6 is 0 Å². The van der Waals surface area contributed by atoms with E-state index in [2.05, 4.69) is 10.0 Å². The number of benzene rings is 2. The average molecular weight is 391 g/mol. The highest BCUT2D eigenvalue weighted by Gasteiger charge is 2.15. The summed E-state index contributed by atoms with van der Waals surface area (Å²) in [6.07, 6.45) is 0. The van der Waals surface area contributed by atoms with Gasteiger partial charge < -0.3 is 10.1 Å². The Morgan fingerprint density at radius 2 is 1.74 bits per heavy atom. The fourth-order valence-corrected chi connectivity index (χ4v) is 3.94. The summed E-state index contributed by atoms with van der Waals surface area (Å²) in [5.41, 5.74) is 2.83. The third-order valence-corrected chi connectivity index (χ3v) is 5.31. The highest BCUT2D eigenvalue weighted by Crippen LogP contribution is 2.16. The second kappa shape index (κ2) is 9.01. The molecule has 0 aromatic heterocycles. The Bertz CT molecular complexity index is 888. The Balaban J connectivity index is 1.92. The standard InChI is InChI=1S/C20H26N2O4S/c1-14(2)22-27(24,25)19-7-5-6-17(11-19)12-21-20(23)13-26-18-9-15(3)8-16(4)10-18/h5-11,14,22H,12-13H2,1-4H3,(H,21,23). The van der Waals surface area contributed by atoms with Crippen LogP contribution in [-0.4, -0.2) is 27.0 Å². The van der Waals surface area contributed by atoms with Gasteiger partial charge in [0.05, 0.1) is 4.90 Å². The van der Waals surface area contributed by atoms with Crippen molar-refractivity contribution in [3.05, 3.63) is 59.2 Å². The number of ether oxygens (including phenoxy) is 1. The van der Waals surface area contributed by atoms with Crippen molar-refractivity contribution in [2.45, 2.75) is 45.2 Å². The van der Waals surface area contributed by atoms with Gasteiger partial charge in [0, 0.05) is 12.6 Å². The molecule has 0 radical (unpaired) electrons. The number of nitrogens with one attached hydrogen (secondary N) is 2. The summed E-state index contributed by atoms with van der Waals surface area (Å²) in [6, 6.07) is 12.1. The molecular weight excluding hydrogens is 364 g/mol. The van der Waals surface area contributed by atoms with E-state index in [0.717, 1.165) is 11.1 Å². The predicted octanol–water partition coefficient (Wildman–Crippen LogP) is 2.69. The molecule has 0 aliphatic rings. The summed E-state index contributed by atoms with van der Waals surface area (Å²) in [5.74, 6) is 0.373. The highest BCUT2D eigenvalue weighted by atomic mass is 32.2. The third kappa shape index (κ3) is 6.69. The van der Waals surface area contributed by atoms with Crippen LogP contribution in [0.2, 0.25) is 0 Å². The molecule has 2 N–H and O–H groups in total. The Labute approximate surface area is 161 Å². The van der Waals surface area contributed by atoms with Crippen LogP contribution in [0.5, 0.6) is 5.75 Å². The summed E-state index contributed by atoms with van der Waals surface area (Å²) in [4.78, 5) is 12.2. The van der Waals surface area contributed by atoms with Crippen LogP contribution < -0.4 is 14.8 Å². The SMILES string of the molecule is Cc1cc(C)cc(OCC(=O)NCc2cccc(S(=O)(=O)NC(C)C)c2)c1. The molecule has 0 spiro atoms. The molecule has 0 atom stereocenters. The van der Waals surface area contributed by atoms with Gasteiger partial charge in [-0.3, -0.25) is 4.79 Å². The van der Waals surface area contributed by atoms with E-state index in [9.17, 15) is 13.2 Å². The maximum Gasteiger partial charge on any atom is 0.258 e. The summed E-state index contributed by atoms with van der Waals surface area (Å²) in [7, 11) is -3.56. The lowest BCUT2D eigenvalue weighted by molar-refractivity contribution is -0.123. The molecule has 1 amide bonds. The number of rotatable bonds is 8. The van der Waals surface area contributed by atoms with Crippen LogP contribution in [-0.2, 0) is 21.4 Å². The minimum Gasteiger partial charge on any atom is -0.484 e. The molecule has 2 aromatic carbocycles. The van der Waals surface area contributed by atoms with Crippen molar-refractivity contribution < 1.29 is 17.9 Å². The summed E-state index contributed by atoms with van der Waals surface area (Å²) in [6.45, 7) is 7.58. The van der Waals surface area contributed by atoms with Crippen molar-refractivity contribution in [2.75, 3.05) is 6.61 Å². The molecule has 0 unspecified atom stereocenters. The molecule has 0 fully saturated rings. The number of carbonyl (C=O) groups excluding carboxylic acids is 1. The van der Waals surface area contributed by atoms with Gasteiger partial charge in [0.15, 0.2) is 6.61 Å². The van der Waals surface area contributed by atoms with Crippen LogP contribution in [0.15, 0.2) is 47.4 Å². The molecular formula is C20H26N2O4S. The van der Waals surface area contributed by atoms with Gasteiger partial charge in [0.1, 0.15) is 5.75 Å². The molecule has 7 heteroatoms. The van der Waals surface area contributed by atoms with Gasteiger partial charge in [0.25, 0.3) is 5.91 Å². The van der Waals surface area contributed by atoms with E-state index in [1.165, 1.54) is 6.07 Å². The van der Waals surface area contributed by atoms with E-state index in [4.69, 9.17) is 4.74 Å². The zero-order valence-corrected chi connectivity index (χ0v) is 16.9. The Morgan fingerprint density at radius 3 is 2.37 bits per heavy atom. The minimum absolute atomic E-state index is 0.101. The lowest BCUT2D eigenvalue weighted by atomic mass is 10.1. The van der Waals surface area contributed by atoms with E-state index in [0.29, 0.717) is 11.3 Å². The zero-order chi connectivity index (χ0) is 20.0. The van der Waals surface area contributed by atoms with Gasteiger partial charge in [-0.05, 0) is 68.7 Å². The molecule has 0 saturated carbocycles.